The topological polar surface area (TPSA) is 51.2 Å². The van der Waals surface area contributed by atoms with Gasteiger partial charge < -0.3 is 0 Å². The van der Waals surface area contributed by atoms with Gasteiger partial charge in [-0.2, -0.15) is 0 Å². The van der Waals surface area contributed by atoms with Crippen LogP contribution in [0.2, 0.25) is 5.02 Å². The Kier molecular flexibility index (Phi) is 4.74. The molecule has 0 fully saturated rings. The van der Waals surface area contributed by atoms with Gasteiger partial charge in [0.1, 0.15) is 5.78 Å². The first-order valence-corrected chi connectivity index (χ1v) is 7.92. The average molecular weight is 307 g/mol. The number of ketones is 1. The van der Waals surface area contributed by atoms with E-state index in [0.717, 1.165) is 6.26 Å². The number of carbonyl (C=O) groups is 1. The highest BCUT2D eigenvalue weighted by Crippen LogP contribution is 2.35. The predicted molar refractivity (Wildman–Crippen MR) is 73.2 cm³/mol. The van der Waals surface area contributed by atoms with Gasteiger partial charge >= 0.3 is 0 Å². The van der Waals surface area contributed by atoms with Crippen LogP contribution in [0.25, 0.3) is 0 Å². The van der Waals surface area contributed by atoms with E-state index in [-0.39, 0.29) is 27.7 Å². The van der Waals surface area contributed by atoms with Crippen molar-refractivity contribution in [2.24, 2.45) is 0 Å². The second-order valence-corrected chi connectivity index (χ2v) is 7.41. The molecule has 1 unspecified atom stereocenters. The molecule has 1 atom stereocenters. The maximum atomic E-state index is 13.4. The molecular weight excluding hydrogens is 291 g/mol. The zero-order valence-corrected chi connectivity index (χ0v) is 12.6. The summed E-state index contributed by atoms with van der Waals surface area (Å²) in [6, 6.07) is 4.27. The third kappa shape index (κ3) is 3.76. The molecule has 0 saturated heterocycles. The number of hydrogen-bond donors (Lipinski definition) is 0. The summed E-state index contributed by atoms with van der Waals surface area (Å²) in [7, 11) is -3.55. The Labute approximate surface area is 117 Å². The molecule has 0 spiro atoms. The molecule has 6 heteroatoms. The minimum atomic E-state index is -3.55. The molecule has 3 nitrogen and oxygen atoms in total. The van der Waals surface area contributed by atoms with Crippen LogP contribution in [0.3, 0.4) is 0 Å². The molecule has 0 N–H and O–H groups in total. The normalized spacial score (nSPS) is 15.0. The fourth-order valence-corrected chi connectivity index (χ4v) is 3.36. The number of sulfone groups is 1. The van der Waals surface area contributed by atoms with Gasteiger partial charge in [-0.15, -0.1) is 0 Å². The van der Waals surface area contributed by atoms with Gasteiger partial charge in [-0.1, -0.05) is 24.6 Å². The second kappa shape index (κ2) is 5.59. The minimum Gasteiger partial charge on any atom is -0.300 e. The van der Waals surface area contributed by atoms with Gasteiger partial charge in [0, 0.05) is 23.1 Å². The van der Waals surface area contributed by atoms with Gasteiger partial charge in [0.2, 0.25) is 0 Å². The van der Waals surface area contributed by atoms with Gasteiger partial charge in [-0.05, 0) is 24.6 Å². The van der Waals surface area contributed by atoms with E-state index in [0.29, 0.717) is 0 Å². The summed E-state index contributed by atoms with van der Waals surface area (Å²) in [4.78, 5) is 11.3. The van der Waals surface area contributed by atoms with Crippen LogP contribution < -0.4 is 0 Å². The fourth-order valence-electron chi connectivity index (χ4n) is 2.07. The van der Waals surface area contributed by atoms with E-state index >= 15 is 0 Å². The molecule has 0 aromatic heterocycles. The lowest BCUT2D eigenvalue weighted by atomic mass is 9.79. The van der Waals surface area contributed by atoms with Crippen molar-refractivity contribution in [3.05, 3.63) is 28.8 Å². The van der Waals surface area contributed by atoms with Crippen molar-refractivity contribution in [3.8, 4) is 0 Å². The Hall–Kier alpha value is -0.940. The zero-order chi connectivity index (χ0) is 14.8. The fraction of sp³-hybridized carbons (Fsp3) is 0.462. The van der Waals surface area contributed by atoms with Gasteiger partial charge in [-0.25, -0.2) is 8.42 Å². The first-order valence-electron chi connectivity index (χ1n) is 5.65. The molecule has 1 aromatic rings. The molecule has 0 bridgehead atoms. The summed E-state index contributed by atoms with van der Waals surface area (Å²) in [5, 5.41) is 0.258. The Morgan fingerprint density at radius 3 is 2.42 bits per heavy atom. The number of rotatable bonds is 5. The number of carbonyl (C=O) groups excluding carboxylic acids is 1. The van der Waals surface area contributed by atoms with Crippen molar-refractivity contribution in [2.45, 2.75) is 30.6 Å². The molecule has 0 saturated carbocycles. The molecule has 1 rings (SSSR count). The predicted octanol–water partition coefficient (Wildman–Crippen LogP) is 2.95. The lowest BCUT2D eigenvalue weighted by Gasteiger charge is -2.27. The third-order valence-electron chi connectivity index (χ3n) is 2.93. The first kappa shape index (κ1) is 16.1. The van der Waals surface area contributed by atoms with Crippen LogP contribution in [0.4, 0.5) is 4.39 Å². The van der Waals surface area contributed by atoms with E-state index in [1.165, 1.54) is 32.0 Å². The lowest BCUT2D eigenvalue weighted by molar-refractivity contribution is -0.118. The number of halogens is 2. The van der Waals surface area contributed by atoms with Crippen molar-refractivity contribution in [3.63, 3.8) is 0 Å². The summed E-state index contributed by atoms with van der Waals surface area (Å²) >= 11 is 5.80. The maximum absolute atomic E-state index is 13.4. The van der Waals surface area contributed by atoms with Gasteiger partial charge in [0.05, 0.1) is 11.6 Å². The highest BCUT2D eigenvalue weighted by atomic mass is 35.5. The van der Waals surface area contributed by atoms with E-state index in [9.17, 15) is 17.6 Å². The molecule has 106 valence electrons. The van der Waals surface area contributed by atoms with E-state index in [4.69, 9.17) is 11.6 Å². The standard InChI is InChI=1S/C13H16ClFO3S/c1-9(16)7-13(2,8-15)11-5-4-10(14)6-12(11)19(3,17)18/h4-6H,7-8H2,1-3H3. The molecule has 0 radical (unpaired) electrons. The largest absolute Gasteiger partial charge is 0.300 e. The van der Waals surface area contributed by atoms with Gasteiger partial charge in [-0.3, -0.25) is 9.18 Å². The molecule has 0 heterocycles. The number of hydrogen-bond acceptors (Lipinski definition) is 3. The molecule has 0 aliphatic heterocycles. The lowest BCUT2D eigenvalue weighted by Crippen LogP contribution is -2.29. The van der Waals surface area contributed by atoms with Crippen molar-refractivity contribution >= 4 is 27.2 Å². The molecule has 0 aliphatic carbocycles. The van der Waals surface area contributed by atoms with Crippen LogP contribution in [0.15, 0.2) is 23.1 Å². The van der Waals surface area contributed by atoms with E-state index < -0.39 is 21.9 Å². The van der Waals surface area contributed by atoms with Crippen molar-refractivity contribution in [1.82, 2.24) is 0 Å². The summed E-state index contributed by atoms with van der Waals surface area (Å²) in [6.07, 6.45) is 0.974. The number of alkyl halides is 1. The molecule has 19 heavy (non-hydrogen) atoms. The highest BCUT2D eigenvalue weighted by molar-refractivity contribution is 7.90. The van der Waals surface area contributed by atoms with Crippen molar-refractivity contribution in [1.29, 1.82) is 0 Å². The molecule has 0 amide bonds. The summed E-state index contributed by atoms with van der Waals surface area (Å²) in [5.74, 6) is -0.199. The van der Waals surface area contributed by atoms with Crippen LogP contribution >= 0.6 is 11.6 Å². The average Bonchev–Trinajstić information content (AvgIpc) is 2.26. The zero-order valence-electron chi connectivity index (χ0n) is 11.0. The number of benzene rings is 1. The first-order chi connectivity index (χ1) is 8.60. The summed E-state index contributed by atoms with van der Waals surface area (Å²) < 4.78 is 37.0. The quantitative estimate of drug-likeness (QED) is 0.840. The Bertz CT molecular complexity index is 598. The summed E-state index contributed by atoms with van der Waals surface area (Å²) in [6.45, 7) is 2.06. The molecule has 0 aliphatic rings. The number of Topliss-reactive ketones (excluding diaryl/α,β-unsaturated/α-hetero) is 1. The monoisotopic (exact) mass is 306 g/mol. The van der Waals surface area contributed by atoms with Crippen molar-refractivity contribution in [2.75, 3.05) is 12.9 Å². The van der Waals surface area contributed by atoms with Crippen LogP contribution in [-0.4, -0.2) is 27.1 Å². The summed E-state index contributed by atoms with van der Waals surface area (Å²) in [5.41, 5.74) is -0.869. The molecular formula is C13H16ClFO3S. The van der Waals surface area contributed by atoms with Gasteiger partial charge in [0.25, 0.3) is 0 Å². The third-order valence-corrected chi connectivity index (χ3v) is 4.30. The Morgan fingerprint density at radius 2 is 2.00 bits per heavy atom. The van der Waals surface area contributed by atoms with Crippen LogP contribution in [0, 0.1) is 0 Å². The molecule has 1 aromatic carbocycles. The second-order valence-electron chi connectivity index (χ2n) is 4.99. The van der Waals surface area contributed by atoms with E-state index in [1.807, 2.05) is 0 Å². The highest BCUT2D eigenvalue weighted by Gasteiger charge is 2.33. The van der Waals surface area contributed by atoms with E-state index in [1.54, 1.807) is 0 Å². The Morgan fingerprint density at radius 1 is 1.42 bits per heavy atom. The SMILES string of the molecule is CC(=O)CC(C)(CF)c1ccc(Cl)cc1S(C)(=O)=O. The van der Waals surface area contributed by atoms with Crippen LogP contribution in [0.1, 0.15) is 25.8 Å². The smallest absolute Gasteiger partial charge is 0.175 e. The van der Waals surface area contributed by atoms with Crippen molar-refractivity contribution < 1.29 is 17.6 Å². The minimum absolute atomic E-state index is 0.0265. The van der Waals surface area contributed by atoms with Gasteiger partial charge in [0.15, 0.2) is 9.84 Å². The van der Waals surface area contributed by atoms with Crippen LogP contribution in [0.5, 0.6) is 0 Å². The maximum Gasteiger partial charge on any atom is 0.175 e. The Balaban J connectivity index is 3.52. The van der Waals surface area contributed by atoms with E-state index in [2.05, 4.69) is 0 Å². The van der Waals surface area contributed by atoms with Crippen LogP contribution in [-0.2, 0) is 20.0 Å².